The largest absolute Gasteiger partial charge is 0.312 e. The van der Waals surface area contributed by atoms with E-state index in [1.54, 1.807) is 0 Å². The predicted octanol–water partition coefficient (Wildman–Crippen LogP) is 2.37. The Kier molecular flexibility index (Phi) is 3.31. The molecule has 3 nitrogen and oxygen atoms in total. The highest BCUT2D eigenvalue weighted by Crippen LogP contribution is 2.34. The van der Waals surface area contributed by atoms with Crippen molar-refractivity contribution < 1.29 is 4.79 Å². The molecule has 3 heteroatoms. The summed E-state index contributed by atoms with van der Waals surface area (Å²) in [7, 11) is 0. The molecule has 0 aromatic carbocycles. The predicted molar refractivity (Wildman–Crippen MR) is 65.3 cm³/mol. The molecule has 2 aliphatic rings. The number of hydrogen-bond acceptors (Lipinski definition) is 2. The number of hydrogen-bond donors (Lipinski definition) is 1. The van der Waals surface area contributed by atoms with Gasteiger partial charge in [0.2, 0.25) is 5.91 Å². The molecule has 0 aromatic heterocycles. The van der Waals surface area contributed by atoms with Crippen molar-refractivity contribution in [2.45, 2.75) is 52.5 Å². The lowest BCUT2D eigenvalue weighted by Crippen LogP contribution is -2.33. The Labute approximate surface area is 97.7 Å². The number of carbonyl (C=O) groups excluding carboxylic acids is 1. The molecule has 1 saturated carbocycles. The van der Waals surface area contributed by atoms with Crippen molar-refractivity contribution >= 4 is 11.7 Å². The maximum absolute atomic E-state index is 11.7. The summed E-state index contributed by atoms with van der Waals surface area (Å²) in [5.74, 6) is 2.73. The summed E-state index contributed by atoms with van der Waals surface area (Å²) < 4.78 is 0. The summed E-state index contributed by atoms with van der Waals surface area (Å²) in [5.41, 5.74) is 0. The van der Waals surface area contributed by atoms with E-state index in [9.17, 15) is 4.79 Å². The summed E-state index contributed by atoms with van der Waals surface area (Å²) in [6.07, 6.45) is 4.95. The summed E-state index contributed by atoms with van der Waals surface area (Å²) in [6.45, 7) is 6.36. The van der Waals surface area contributed by atoms with Gasteiger partial charge in [-0.3, -0.25) is 9.79 Å². The van der Waals surface area contributed by atoms with Crippen LogP contribution in [0.25, 0.3) is 0 Å². The smallest absolute Gasteiger partial charge is 0.250 e. The van der Waals surface area contributed by atoms with Crippen molar-refractivity contribution in [2.75, 3.05) is 0 Å². The van der Waals surface area contributed by atoms with Crippen LogP contribution in [-0.2, 0) is 4.79 Å². The highest BCUT2D eigenvalue weighted by molar-refractivity contribution is 6.06. The van der Waals surface area contributed by atoms with Crippen molar-refractivity contribution in [1.29, 1.82) is 0 Å². The number of amidine groups is 1. The number of rotatable bonds is 3. The Morgan fingerprint density at radius 2 is 2.19 bits per heavy atom. The van der Waals surface area contributed by atoms with Crippen LogP contribution >= 0.6 is 0 Å². The Morgan fingerprint density at radius 3 is 2.69 bits per heavy atom. The summed E-state index contributed by atoms with van der Waals surface area (Å²) in [6, 6.07) is -0.143. The third-order valence-electron chi connectivity index (χ3n) is 3.93. The normalized spacial score (nSPS) is 34.4. The van der Waals surface area contributed by atoms with Crippen LogP contribution in [0.1, 0.15) is 46.5 Å². The molecule has 1 heterocycles. The monoisotopic (exact) mass is 222 g/mol. The van der Waals surface area contributed by atoms with E-state index in [1.165, 1.54) is 25.7 Å². The molecule has 1 amide bonds. The first-order chi connectivity index (χ1) is 7.61. The lowest BCUT2D eigenvalue weighted by molar-refractivity contribution is -0.120. The molecule has 90 valence electrons. The first-order valence-corrected chi connectivity index (χ1v) is 6.50. The molecule has 0 spiro atoms. The summed E-state index contributed by atoms with van der Waals surface area (Å²) >= 11 is 0. The minimum absolute atomic E-state index is 0.102. The maximum Gasteiger partial charge on any atom is 0.250 e. The highest BCUT2D eigenvalue weighted by Gasteiger charge is 2.35. The lowest BCUT2D eigenvalue weighted by atomic mass is 10.0. The second-order valence-corrected chi connectivity index (χ2v) is 5.48. The average molecular weight is 222 g/mol. The van der Waals surface area contributed by atoms with Gasteiger partial charge in [-0.05, 0) is 31.1 Å². The molecule has 1 N–H and O–H groups in total. The van der Waals surface area contributed by atoms with Crippen molar-refractivity contribution in [3.63, 3.8) is 0 Å². The second-order valence-electron chi connectivity index (χ2n) is 5.48. The van der Waals surface area contributed by atoms with E-state index in [1.807, 2.05) is 0 Å². The molecule has 0 aromatic rings. The quantitative estimate of drug-likeness (QED) is 0.782. The Bertz CT molecular complexity index is 309. The Morgan fingerprint density at radius 1 is 1.44 bits per heavy atom. The van der Waals surface area contributed by atoms with Gasteiger partial charge in [0, 0.05) is 5.92 Å². The molecule has 3 unspecified atom stereocenters. The van der Waals surface area contributed by atoms with Crippen molar-refractivity contribution in [2.24, 2.45) is 22.7 Å². The molecule has 3 atom stereocenters. The van der Waals surface area contributed by atoms with E-state index in [4.69, 9.17) is 0 Å². The molecule has 1 fully saturated rings. The molecule has 1 aliphatic carbocycles. The van der Waals surface area contributed by atoms with Gasteiger partial charge in [0.05, 0.1) is 0 Å². The van der Waals surface area contributed by atoms with Gasteiger partial charge in [0.1, 0.15) is 11.9 Å². The first-order valence-electron chi connectivity index (χ1n) is 6.50. The zero-order valence-corrected chi connectivity index (χ0v) is 10.5. The van der Waals surface area contributed by atoms with E-state index in [2.05, 4.69) is 31.1 Å². The number of amides is 1. The average Bonchev–Trinajstić information content (AvgIpc) is 2.83. The lowest BCUT2D eigenvalue weighted by Gasteiger charge is -2.09. The van der Waals surface area contributed by atoms with Gasteiger partial charge in [-0.2, -0.15) is 0 Å². The van der Waals surface area contributed by atoms with Gasteiger partial charge in [-0.25, -0.2) is 0 Å². The zero-order chi connectivity index (χ0) is 11.7. The van der Waals surface area contributed by atoms with Crippen molar-refractivity contribution in [3.05, 3.63) is 0 Å². The summed E-state index contributed by atoms with van der Waals surface area (Å²) in [5, 5.41) is 2.98. The fraction of sp³-hybridized carbons (Fsp3) is 0.846. The molecule has 16 heavy (non-hydrogen) atoms. The van der Waals surface area contributed by atoms with Gasteiger partial charge in [0.25, 0.3) is 0 Å². The van der Waals surface area contributed by atoms with Crippen molar-refractivity contribution in [1.82, 2.24) is 5.32 Å². The molecule has 0 saturated heterocycles. The van der Waals surface area contributed by atoms with Crippen LogP contribution < -0.4 is 5.32 Å². The third kappa shape index (κ3) is 2.13. The maximum atomic E-state index is 11.7. The Balaban J connectivity index is 2.01. The zero-order valence-electron chi connectivity index (χ0n) is 10.5. The molecule has 0 radical (unpaired) electrons. The molecule has 0 bridgehead atoms. The van der Waals surface area contributed by atoms with Gasteiger partial charge < -0.3 is 5.32 Å². The SMILES string of the molecule is CCC1CCC(C2=NC(C(C)C)C(=O)N2)C1. The van der Waals surface area contributed by atoms with Crippen LogP contribution in [0, 0.1) is 17.8 Å². The van der Waals surface area contributed by atoms with Crippen LogP contribution in [0.2, 0.25) is 0 Å². The minimum atomic E-state index is -0.143. The first kappa shape index (κ1) is 11.6. The molecular weight excluding hydrogens is 200 g/mol. The number of carbonyl (C=O) groups is 1. The third-order valence-corrected chi connectivity index (χ3v) is 3.93. The topological polar surface area (TPSA) is 41.5 Å². The van der Waals surface area contributed by atoms with E-state index in [-0.39, 0.29) is 11.9 Å². The van der Waals surface area contributed by atoms with E-state index in [0.29, 0.717) is 11.8 Å². The van der Waals surface area contributed by atoms with Gasteiger partial charge >= 0.3 is 0 Å². The van der Waals surface area contributed by atoms with Crippen LogP contribution in [-0.4, -0.2) is 17.8 Å². The molecule has 1 aliphatic heterocycles. The van der Waals surface area contributed by atoms with Gasteiger partial charge in [-0.15, -0.1) is 0 Å². The number of aliphatic imine (C=N–C) groups is 1. The fourth-order valence-corrected chi connectivity index (χ4v) is 2.79. The fourth-order valence-electron chi connectivity index (χ4n) is 2.79. The minimum Gasteiger partial charge on any atom is -0.312 e. The number of nitrogens with zero attached hydrogens (tertiary/aromatic N) is 1. The summed E-state index contributed by atoms with van der Waals surface area (Å²) in [4.78, 5) is 16.3. The number of nitrogens with one attached hydrogen (secondary N) is 1. The highest BCUT2D eigenvalue weighted by atomic mass is 16.2. The van der Waals surface area contributed by atoms with E-state index < -0.39 is 0 Å². The van der Waals surface area contributed by atoms with Crippen molar-refractivity contribution in [3.8, 4) is 0 Å². The van der Waals surface area contributed by atoms with E-state index in [0.717, 1.165) is 11.8 Å². The van der Waals surface area contributed by atoms with Gasteiger partial charge in [-0.1, -0.05) is 27.2 Å². The van der Waals surface area contributed by atoms with Gasteiger partial charge in [0.15, 0.2) is 0 Å². The van der Waals surface area contributed by atoms with Crippen LogP contribution in [0.5, 0.6) is 0 Å². The second kappa shape index (κ2) is 4.56. The molecular formula is C13H22N2O. The standard InChI is InChI=1S/C13H22N2O/c1-4-9-5-6-10(7-9)12-14-11(8(2)3)13(16)15-12/h8-11H,4-7H2,1-3H3,(H,14,15,16). The Hall–Kier alpha value is -0.860. The van der Waals surface area contributed by atoms with Crippen LogP contribution in [0.15, 0.2) is 4.99 Å². The van der Waals surface area contributed by atoms with Crippen LogP contribution in [0.3, 0.4) is 0 Å². The van der Waals surface area contributed by atoms with E-state index >= 15 is 0 Å². The molecule has 2 rings (SSSR count). The van der Waals surface area contributed by atoms with Crippen LogP contribution in [0.4, 0.5) is 0 Å².